The lowest BCUT2D eigenvalue weighted by atomic mass is 9.91. The van der Waals surface area contributed by atoms with Crippen molar-refractivity contribution in [2.24, 2.45) is 0 Å². The number of likely N-dealkylation sites (N-methyl/N-ethyl adjacent to an activating group) is 1. The third kappa shape index (κ3) is 8.10. The number of hydrogen-bond acceptors (Lipinski definition) is 3. The molecule has 0 aromatic heterocycles. The third-order valence-electron chi connectivity index (χ3n) is 6.17. The molecule has 0 spiro atoms. The van der Waals surface area contributed by atoms with Gasteiger partial charge in [-0.3, -0.25) is 9.59 Å². The number of benzene rings is 2. The largest absolute Gasteiger partial charge is 0.416 e. The molecule has 0 bridgehead atoms. The van der Waals surface area contributed by atoms with Gasteiger partial charge in [0.15, 0.2) is 0 Å². The fourth-order valence-corrected chi connectivity index (χ4v) is 4.22. The van der Waals surface area contributed by atoms with Gasteiger partial charge in [0.1, 0.15) is 0 Å². The van der Waals surface area contributed by atoms with Gasteiger partial charge in [0.2, 0.25) is 5.91 Å². The van der Waals surface area contributed by atoms with Gasteiger partial charge >= 0.3 is 12.4 Å². The second-order valence-electron chi connectivity index (χ2n) is 9.03. The molecule has 1 heterocycles. The number of halogens is 7. The number of rotatable bonds is 6. The average Bonchev–Trinajstić information content (AvgIpc) is 2.81. The van der Waals surface area contributed by atoms with Gasteiger partial charge in [0.05, 0.1) is 17.7 Å². The summed E-state index contributed by atoms with van der Waals surface area (Å²) in [5.74, 6) is -1.04. The number of piperidine rings is 1. The fourth-order valence-electron chi connectivity index (χ4n) is 4.22. The van der Waals surface area contributed by atoms with Gasteiger partial charge in [-0.25, -0.2) is 0 Å². The van der Waals surface area contributed by atoms with Gasteiger partial charge in [-0.2, -0.15) is 26.3 Å². The number of hydrogen-bond donors (Lipinski definition) is 1. The molecule has 2 atom stereocenters. The van der Waals surface area contributed by atoms with Crippen LogP contribution in [0.25, 0.3) is 0 Å². The number of nitrogens with zero attached hydrogens (tertiary/aromatic N) is 2. The summed E-state index contributed by atoms with van der Waals surface area (Å²) in [5.41, 5.74) is -2.85. The van der Waals surface area contributed by atoms with Crippen LogP contribution < -0.4 is 5.32 Å². The van der Waals surface area contributed by atoms with E-state index in [0.717, 1.165) is 5.56 Å². The minimum Gasteiger partial charge on any atom is -0.348 e. The molecule has 1 aliphatic heterocycles. The van der Waals surface area contributed by atoms with Gasteiger partial charge in [0.25, 0.3) is 5.91 Å². The van der Waals surface area contributed by atoms with Gasteiger partial charge < -0.3 is 15.1 Å². The van der Waals surface area contributed by atoms with Crippen LogP contribution in [0.15, 0.2) is 48.5 Å². The van der Waals surface area contributed by atoms with Gasteiger partial charge in [-0.15, -0.1) is 12.4 Å². The Labute approximate surface area is 217 Å². The second-order valence-corrected chi connectivity index (χ2v) is 9.03. The molecule has 2 amide bonds. The zero-order valence-corrected chi connectivity index (χ0v) is 21.0. The maximum absolute atomic E-state index is 13.3. The lowest BCUT2D eigenvalue weighted by Crippen LogP contribution is -2.53. The van der Waals surface area contributed by atoms with Crippen LogP contribution in [-0.4, -0.2) is 60.9 Å². The summed E-state index contributed by atoms with van der Waals surface area (Å²) in [6, 6.07) is 9.39. The first-order valence-electron chi connectivity index (χ1n) is 11.3. The van der Waals surface area contributed by atoms with Gasteiger partial charge in [-0.05, 0) is 43.0 Å². The molecule has 2 aromatic carbocycles. The van der Waals surface area contributed by atoms with Crippen LogP contribution in [0.2, 0.25) is 0 Å². The van der Waals surface area contributed by atoms with Crippen LogP contribution in [0.1, 0.15) is 39.9 Å². The number of likely N-dealkylation sites (tertiary alicyclic amines) is 1. The van der Waals surface area contributed by atoms with Crippen LogP contribution in [-0.2, 0) is 23.6 Å². The van der Waals surface area contributed by atoms with Gasteiger partial charge in [0, 0.05) is 38.3 Å². The topological polar surface area (TPSA) is 52.7 Å². The van der Waals surface area contributed by atoms with Crippen LogP contribution in [0.5, 0.6) is 0 Å². The van der Waals surface area contributed by atoms with Crippen molar-refractivity contribution in [3.05, 3.63) is 70.8 Å². The maximum Gasteiger partial charge on any atom is 0.416 e. The van der Waals surface area contributed by atoms with E-state index < -0.39 is 41.0 Å². The first kappa shape index (κ1) is 30.4. The minimum atomic E-state index is -5.05. The highest BCUT2D eigenvalue weighted by Gasteiger charge is 2.39. The van der Waals surface area contributed by atoms with Crippen molar-refractivity contribution in [3.8, 4) is 0 Å². The van der Waals surface area contributed by atoms with Crippen LogP contribution >= 0.6 is 12.4 Å². The Morgan fingerprint density at radius 3 is 2.05 bits per heavy atom. The minimum absolute atomic E-state index is 0. The molecule has 0 saturated carbocycles. The summed E-state index contributed by atoms with van der Waals surface area (Å²) >= 11 is 0. The number of nitrogens with one attached hydrogen (secondary N) is 1. The van der Waals surface area contributed by atoms with E-state index in [1.807, 2.05) is 18.2 Å². The summed E-state index contributed by atoms with van der Waals surface area (Å²) in [7, 11) is 3.24. The Morgan fingerprint density at radius 1 is 0.973 bits per heavy atom. The van der Waals surface area contributed by atoms with Crippen molar-refractivity contribution < 1.29 is 35.9 Å². The van der Waals surface area contributed by atoms with Gasteiger partial charge in [-0.1, -0.05) is 30.3 Å². The zero-order chi connectivity index (χ0) is 26.7. The van der Waals surface area contributed by atoms with Crippen molar-refractivity contribution in [1.82, 2.24) is 15.1 Å². The molecule has 5 nitrogen and oxygen atoms in total. The smallest absolute Gasteiger partial charge is 0.348 e. The zero-order valence-electron chi connectivity index (χ0n) is 20.2. The molecule has 12 heteroatoms. The average molecular weight is 552 g/mol. The SMILES string of the molecule is CN(C)C(=O)CN[C@H]1CCN(C(=O)c2cc(C(F)(F)F)cc(C(F)(F)F)c2)[C@H](Cc2ccccc2)C1.Cl. The van der Waals surface area contributed by atoms with E-state index in [-0.39, 0.29) is 43.5 Å². The molecule has 1 N–H and O–H groups in total. The number of carbonyl (C=O) groups is 2. The number of carbonyl (C=O) groups excluding carboxylic acids is 2. The van der Waals surface area contributed by atoms with E-state index >= 15 is 0 Å². The van der Waals surface area contributed by atoms with Crippen molar-refractivity contribution in [2.45, 2.75) is 43.7 Å². The molecule has 204 valence electrons. The lowest BCUT2D eigenvalue weighted by molar-refractivity contribution is -0.143. The second kappa shape index (κ2) is 12.2. The van der Waals surface area contributed by atoms with Crippen molar-refractivity contribution >= 4 is 24.2 Å². The predicted molar refractivity (Wildman–Crippen MR) is 128 cm³/mol. The van der Waals surface area contributed by atoms with Crippen LogP contribution in [0, 0.1) is 0 Å². The fraction of sp³-hybridized carbons (Fsp3) is 0.440. The van der Waals surface area contributed by atoms with Crippen LogP contribution in [0.3, 0.4) is 0 Å². The first-order valence-corrected chi connectivity index (χ1v) is 11.3. The summed E-state index contributed by atoms with van der Waals surface area (Å²) < 4.78 is 80.0. The normalized spacial score (nSPS) is 18.2. The molecule has 1 aliphatic rings. The molecular weight excluding hydrogens is 524 g/mol. The van der Waals surface area contributed by atoms with E-state index in [1.54, 1.807) is 26.2 Å². The van der Waals surface area contributed by atoms with Crippen molar-refractivity contribution in [2.75, 3.05) is 27.2 Å². The Hall–Kier alpha value is -2.79. The van der Waals surface area contributed by atoms with E-state index in [0.29, 0.717) is 31.4 Å². The quantitative estimate of drug-likeness (QED) is 0.512. The number of amides is 2. The van der Waals surface area contributed by atoms with E-state index in [9.17, 15) is 35.9 Å². The standard InChI is InChI=1S/C25H27F6N3O2.ClH/c1-33(2)22(35)15-32-20-8-9-34(21(14-20)10-16-6-4-3-5-7-16)23(36)17-11-18(24(26,27)28)13-19(12-17)25(29,30)31;/h3-7,11-13,20-21,32H,8-10,14-15H2,1-2H3;1H/t20-,21+;/m0./s1. The van der Waals surface area contributed by atoms with Crippen molar-refractivity contribution in [3.63, 3.8) is 0 Å². The summed E-state index contributed by atoms with van der Waals surface area (Å²) in [6.07, 6.45) is -8.96. The molecule has 0 radical (unpaired) electrons. The maximum atomic E-state index is 13.3. The molecular formula is C25H28ClF6N3O2. The molecule has 37 heavy (non-hydrogen) atoms. The molecule has 3 rings (SSSR count). The first-order chi connectivity index (χ1) is 16.8. The summed E-state index contributed by atoms with van der Waals surface area (Å²) in [5, 5.41) is 3.15. The Bertz CT molecular complexity index is 1040. The van der Waals surface area contributed by atoms with E-state index in [2.05, 4.69) is 5.32 Å². The van der Waals surface area contributed by atoms with E-state index in [1.165, 1.54) is 9.80 Å². The molecule has 1 fully saturated rings. The van der Waals surface area contributed by atoms with Crippen LogP contribution in [0.4, 0.5) is 26.3 Å². The monoisotopic (exact) mass is 551 g/mol. The Balaban J connectivity index is 0.00000481. The molecule has 0 aliphatic carbocycles. The highest BCUT2D eigenvalue weighted by Crippen LogP contribution is 2.37. The Kier molecular flexibility index (Phi) is 10.0. The Morgan fingerprint density at radius 2 is 1.54 bits per heavy atom. The molecule has 0 unspecified atom stereocenters. The highest BCUT2D eigenvalue weighted by atomic mass is 35.5. The summed E-state index contributed by atoms with van der Waals surface area (Å²) in [4.78, 5) is 28.1. The predicted octanol–water partition coefficient (Wildman–Crippen LogP) is 5.04. The highest BCUT2D eigenvalue weighted by molar-refractivity contribution is 5.95. The molecule has 2 aromatic rings. The number of alkyl halides is 6. The van der Waals surface area contributed by atoms with Crippen molar-refractivity contribution in [1.29, 1.82) is 0 Å². The lowest BCUT2D eigenvalue weighted by Gasteiger charge is -2.40. The third-order valence-corrected chi connectivity index (χ3v) is 6.17. The molecule has 1 saturated heterocycles. The van der Waals surface area contributed by atoms with E-state index in [4.69, 9.17) is 0 Å². The summed E-state index contributed by atoms with van der Waals surface area (Å²) in [6.45, 7) is 0.188.